The van der Waals surface area contributed by atoms with Gasteiger partial charge in [0.1, 0.15) is 5.52 Å². The van der Waals surface area contributed by atoms with Crippen molar-refractivity contribution in [2.45, 2.75) is 25.7 Å². The van der Waals surface area contributed by atoms with E-state index >= 15 is 0 Å². The van der Waals surface area contributed by atoms with Crippen molar-refractivity contribution >= 4 is 16.9 Å². The molecule has 3 rings (SSSR count). The monoisotopic (exact) mass is 230 g/mol. The van der Waals surface area contributed by atoms with Crippen molar-refractivity contribution in [3.8, 4) is 0 Å². The van der Waals surface area contributed by atoms with Crippen LogP contribution in [-0.4, -0.2) is 21.1 Å². The molecule has 0 radical (unpaired) electrons. The molecule has 0 spiro atoms. The third kappa shape index (κ3) is 1.99. The van der Waals surface area contributed by atoms with Gasteiger partial charge in [0, 0.05) is 19.8 Å². The van der Waals surface area contributed by atoms with E-state index in [-0.39, 0.29) is 0 Å². The first-order valence-corrected chi connectivity index (χ1v) is 6.34. The fourth-order valence-electron chi connectivity index (χ4n) is 2.65. The van der Waals surface area contributed by atoms with Crippen molar-refractivity contribution in [2.24, 2.45) is 13.0 Å². The van der Waals surface area contributed by atoms with Crippen LogP contribution in [0.1, 0.15) is 25.7 Å². The van der Waals surface area contributed by atoms with E-state index in [0.29, 0.717) is 0 Å². The first-order chi connectivity index (χ1) is 8.34. The van der Waals surface area contributed by atoms with Crippen molar-refractivity contribution < 1.29 is 0 Å². The molecule has 4 heteroatoms. The van der Waals surface area contributed by atoms with Gasteiger partial charge in [0.2, 0.25) is 0 Å². The highest BCUT2D eigenvalue weighted by molar-refractivity contribution is 5.85. The largest absolute Gasteiger partial charge is 0.368 e. The highest BCUT2D eigenvalue weighted by Crippen LogP contribution is 2.26. The first-order valence-electron chi connectivity index (χ1n) is 6.34. The van der Waals surface area contributed by atoms with Gasteiger partial charge >= 0.3 is 0 Å². The van der Waals surface area contributed by atoms with Crippen LogP contribution in [0.4, 0.5) is 5.82 Å². The van der Waals surface area contributed by atoms with Crippen molar-refractivity contribution in [3.05, 3.63) is 18.6 Å². The summed E-state index contributed by atoms with van der Waals surface area (Å²) in [5.41, 5.74) is 2.11. The minimum Gasteiger partial charge on any atom is -0.368 e. The molecule has 1 aliphatic rings. The zero-order valence-electron chi connectivity index (χ0n) is 10.2. The number of fused-ring (bicyclic) bond motifs is 1. The van der Waals surface area contributed by atoms with Crippen LogP contribution in [0.15, 0.2) is 18.6 Å². The van der Waals surface area contributed by atoms with Crippen LogP contribution in [0, 0.1) is 5.92 Å². The Balaban J connectivity index is 1.79. The Morgan fingerprint density at radius 2 is 2.18 bits per heavy atom. The van der Waals surface area contributed by atoms with E-state index in [1.807, 2.05) is 30.2 Å². The van der Waals surface area contributed by atoms with E-state index in [9.17, 15) is 0 Å². The third-order valence-corrected chi connectivity index (χ3v) is 3.68. The third-order valence-electron chi connectivity index (χ3n) is 3.68. The number of pyridine rings is 1. The lowest BCUT2D eigenvalue weighted by Crippen LogP contribution is -2.12. The lowest BCUT2D eigenvalue weighted by molar-refractivity contribution is 0.579. The molecule has 2 aromatic rings. The Morgan fingerprint density at radius 3 is 3.00 bits per heavy atom. The van der Waals surface area contributed by atoms with E-state index in [4.69, 9.17) is 0 Å². The molecule has 0 aromatic carbocycles. The molecule has 0 amide bonds. The molecule has 2 aromatic heterocycles. The maximum atomic E-state index is 4.40. The molecule has 0 unspecified atom stereocenters. The summed E-state index contributed by atoms with van der Waals surface area (Å²) in [5.74, 6) is 1.74. The lowest BCUT2D eigenvalue weighted by Gasteiger charge is -2.11. The smallest absolute Gasteiger partial charge is 0.154 e. The Bertz CT molecular complexity index is 511. The topological polar surface area (TPSA) is 42.7 Å². The van der Waals surface area contributed by atoms with E-state index in [2.05, 4.69) is 15.3 Å². The van der Waals surface area contributed by atoms with Gasteiger partial charge in [-0.05, 0) is 24.8 Å². The molecule has 0 atom stereocenters. The van der Waals surface area contributed by atoms with Crippen LogP contribution in [0.3, 0.4) is 0 Å². The molecule has 1 fully saturated rings. The predicted molar refractivity (Wildman–Crippen MR) is 69.0 cm³/mol. The Labute approximate surface area is 101 Å². The van der Waals surface area contributed by atoms with Gasteiger partial charge in [0.05, 0.1) is 11.8 Å². The van der Waals surface area contributed by atoms with E-state index in [1.165, 1.54) is 25.7 Å². The molecule has 1 N–H and O–H groups in total. The second-order valence-electron chi connectivity index (χ2n) is 4.91. The normalized spacial score (nSPS) is 16.8. The standard InChI is InChI=1S/C13H18N4/c1-17-9-16-12-11(17)6-7-14-13(12)15-8-10-4-2-3-5-10/h6-7,9-10H,2-5,8H2,1H3,(H,14,15). The molecule has 17 heavy (non-hydrogen) atoms. The highest BCUT2D eigenvalue weighted by Gasteiger charge is 2.15. The van der Waals surface area contributed by atoms with Crippen molar-refractivity contribution in [3.63, 3.8) is 0 Å². The minimum absolute atomic E-state index is 0.816. The molecule has 0 bridgehead atoms. The molecule has 0 saturated heterocycles. The fraction of sp³-hybridized carbons (Fsp3) is 0.538. The van der Waals surface area contributed by atoms with Crippen LogP contribution in [0.5, 0.6) is 0 Å². The maximum absolute atomic E-state index is 4.40. The maximum Gasteiger partial charge on any atom is 0.154 e. The zero-order valence-corrected chi connectivity index (χ0v) is 10.2. The van der Waals surface area contributed by atoms with Crippen molar-refractivity contribution in [1.82, 2.24) is 14.5 Å². The average molecular weight is 230 g/mol. The molecule has 2 heterocycles. The van der Waals surface area contributed by atoms with Gasteiger partial charge in [-0.15, -0.1) is 0 Å². The molecular formula is C13H18N4. The summed E-state index contributed by atoms with van der Waals surface area (Å²) in [6.45, 7) is 1.03. The lowest BCUT2D eigenvalue weighted by atomic mass is 10.1. The van der Waals surface area contributed by atoms with Crippen LogP contribution < -0.4 is 5.32 Å². The SMILES string of the molecule is Cn1cnc2c(NCC3CCCC3)nccc21. The number of rotatable bonds is 3. The number of hydrogen-bond acceptors (Lipinski definition) is 3. The Kier molecular flexibility index (Phi) is 2.71. The van der Waals surface area contributed by atoms with Gasteiger partial charge in [-0.1, -0.05) is 12.8 Å². The molecule has 1 aliphatic carbocycles. The predicted octanol–water partition coefficient (Wildman–Crippen LogP) is 2.57. The van der Waals surface area contributed by atoms with Crippen molar-refractivity contribution in [2.75, 3.05) is 11.9 Å². The first kappa shape index (κ1) is 10.6. The number of hydrogen-bond donors (Lipinski definition) is 1. The van der Waals surface area contributed by atoms with E-state index in [1.54, 1.807) is 0 Å². The quantitative estimate of drug-likeness (QED) is 0.881. The summed E-state index contributed by atoms with van der Waals surface area (Å²) in [4.78, 5) is 8.80. The molecule has 1 saturated carbocycles. The second-order valence-corrected chi connectivity index (χ2v) is 4.91. The molecule has 0 aliphatic heterocycles. The summed E-state index contributed by atoms with van der Waals surface area (Å²) in [6, 6.07) is 2.00. The van der Waals surface area contributed by atoms with E-state index < -0.39 is 0 Å². The van der Waals surface area contributed by atoms with Crippen LogP contribution in [-0.2, 0) is 7.05 Å². The highest BCUT2D eigenvalue weighted by atomic mass is 15.1. The van der Waals surface area contributed by atoms with Gasteiger partial charge in [-0.2, -0.15) is 0 Å². The number of aryl methyl sites for hydroxylation is 1. The van der Waals surface area contributed by atoms with E-state index in [0.717, 1.165) is 29.3 Å². The van der Waals surface area contributed by atoms with Crippen LogP contribution in [0.2, 0.25) is 0 Å². The summed E-state index contributed by atoms with van der Waals surface area (Å²) in [6.07, 6.45) is 9.16. The summed E-state index contributed by atoms with van der Waals surface area (Å²) in [5, 5.41) is 3.46. The minimum atomic E-state index is 0.816. The molecule has 90 valence electrons. The average Bonchev–Trinajstić information content (AvgIpc) is 2.97. The number of nitrogens with one attached hydrogen (secondary N) is 1. The second kappa shape index (κ2) is 4.35. The van der Waals surface area contributed by atoms with Gasteiger partial charge in [-0.3, -0.25) is 0 Å². The summed E-state index contributed by atoms with van der Waals surface area (Å²) >= 11 is 0. The van der Waals surface area contributed by atoms with Gasteiger partial charge < -0.3 is 9.88 Å². The zero-order chi connectivity index (χ0) is 11.7. The number of imidazole rings is 1. The van der Waals surface area contributed by atoms with Crippen LogP contribution in [0.25, 0.3) is 11.0 Å². The van der Waals surface area contributed by atoms with Gasteiger partial charge in [-0.25, -0.2) is 9.97 Å². The van der Waals surface area contributed by atoms with Crippen LogP contribution >= 0.6 is 0 Å². The van der Waals surface area contributed by atoms with Crippen molar-refractivity contribution in [1.29, 1.82) is 0 Å². The fourth-order valence-corrected chi connectivity index (χ4v) is 2.65. The summed E-state index contributed by atoms with van der Waals surface area (Å²) in [7, 11) is 2.01. The summed E-state index contributed by atoms with van der Waals surface area (Å²) < 4.78 is 2.03. The Morgan fingerprint density at radius 1 is 1.35 bits per heavy atom. The molecular weight excluding hydrogens is 212 g/mol. The van der Waals surface area contributed by atoms with Gasteiger partial charge in [0.25, 0.3) is 0 Å². The Hall–Kier alpha value is -1.58. The number of nitrogens with zero attached hydrogens (tertiary/aromatic N) is 3. The number of anilines is 1. The molecule has 4 nitrogen and oxygen atoms in total. The number of aromatic nitrogens is 3. The van der Waals surface area contributed by atoms with Gasteiger partial charge in [0.15, 0.2) is 5.82 Å².